The van der Waals surface area contributed by atoms with Crippen molar-refractivity contribution in [3.63, 3.8) is 0 Å². The fourth-order valence-electron chi connectivity index (χ4n) is 4.58. The molecule has 6 nitrogen and oxygen atoms in total. The molecule has 0 atom stereocenters. The molecule has 37 heavy (non-hydrogen) atoms. The Morgan fingerprint density at radius 3 is 2.11 bits per heavy atom. The lowest BCUT2D eigenvalue weighted by molar-refractivity contribution is -0.118. The molecule has 7 heteroatoms. The normalized spacial score (nSPS) is 11.6. The molecule has 0 bridgehead atoms. The van der Waals surface area contributed by atoms with Crippen molar-refractivity contribution in [3.8, 4) is 22.6 Å². The Morgan fingerprint density at radius 1 is 0.919 bits per heavy atom. The summed E-state index contributed by atoms with van der Waals surface area (Å²) in [6.45, 7) is 13.0. The third-order valence-electron chi connectivity index (χ3n) is 5.90. The quantitative estimate of drug-likeness (QED) is 0.282. The molecule has 0 unspecified atom stereocenters. The molecule has 1 aromatic heterocycles. The van der Waals surface area contributed by atoms with Gasteiger partial charge >= 0.3 is 5.97 Å². The number of hydrogen-bond acceptors (Lipinski definition) is 6. The van der Waals surface area contributed by atoms with Crippen LogP contribution in [0.5, 0.6) is 11.5 Å². The highest BCUT2D eigenvalue weighted by Crippen LogP contribution is 2.38. The Balaban J connectivity index is 1.70. The molecule has 0 saturated carbocycles. The van der Waals surface area contributed by atoms with E-state index < -0.39 is 5.97 Å². The van der Waals surface area contributed by atoms with E-state index in [1.54, 1.807) is 14.0 Å². The molecule has 3 rings (SSSR count). The van der Waals surface area contributed by atoms with E-state index in [1.807, 2.05) is 41.8 Å². The standard InChI is InChI=1S/C30H37NO5S/c1-8-35-28(33)26-24(20-9-13-22(34-7)14-10-20)18-37-27(26)31-25(32)17-36-23-15-11-21(12-16-23)30(5,6)19-29(2,3)4/h9-16,18H,8,17,19H2,1-7H3,(H,31,32). The Labute approximate surface area is 224 Å². The van der Waals surface area contributed by atoms with Crippen LogP contribution in [0, 0.1) is 5.41 Å². The van der Waals surface area contributed by atoms with Crippen molar-refractivity contribution in [1.82, 2.24) is 0 Å². The number of ether oxygens (including phenoxy) is 3. The molecular weight excluding hydrogens is 486 g/mol. The molecule has 0 aliphatic heterocycles. The van der Waals surface area contributed by atoms with E-state index in [0.29, 0.717) is 27.6 Å². The van der Waals surface area contributed by atoms with E-state index >= 15 is 0 Å². The van der Waals surface area contributed by atoms with E-state index in [9.17, 15) is 9.59 Å². The van der Waals surface area contributed by atoms with Gasteiger partial charge in [0, 0.05) is 10.9 Å². The zero-order valence-electron chi connectivity index (χ0n) is 22.8. The fourth-order valence-corrected chi connectivity index (χ4v) is 5.55. The van der Waals surface area contributed by atoms with Gasteiger partial charge in [-0.1, -0.05) is 58.9 Å². The van der Waals surface area contributed by atoms with Crippen LogP contribution in [0.15, 0.2) is 53.9 Å². The Morgan fingerprint density at radius 2 is 1.54 bits per heavy atom. The van der Waals surface area contributed by atoms with Crippen molar-refractivity contribution in [3.05, 3.63) is 65.0 Å². The van der Waals surface area contributed by atoms with Crippen molar-refractivity contribution in [2.45, 2.75) is 53.4 Å². The third-order valence-corrected chi connectivity index (χ3v) is 6.80. The summed E-state index contributed by atoms with van der Waals surface area (Å²) >= 11 is 1.27. The minimum Gasteiger partial charge on any atom is -0.497 e. The maximum absolute atomic E-state index is 12.8. The molecule has 0 aliphatic rings. The summed E-state index contributed by atoms with van der Waals surface area (Å²) in [5.74, 6) is 0.486. The number of benzene rings is 2. The van der Waals surface area contributed by atoms with Crippen molar-refractivity contribution >= 4 is 28.2 Å². The van der Waals surface area contributed by atoms with Crippen LogP contribution >= 0.6 is 11.3 Å². The topological polar surface area (TPSA) is 73.9 Å². The molecule has 1 heterocycles. The summed E-state index contributed by atoms with van der Waals surface area (Å²) in [5.41, 5.74) is 3.31. The second-order valence-electron chi connectivity index (χ2n) is 10.8. The van der Waals surface area contributed by atoms with Gasteiger partial charge < -0.3 is 19.5 Å². The average Bonchev–Trinajstić information content (AvgIpc) is 3.25. The van der Waals surface area contributed by atoms with Gasteiger partial charge in [0.05, 0.1) is 13.7 Å². The lowest BCUT2D eigenvalue weighted by Crippen LogP contribution is -2.24. The van der Waals surface area contributed by atoms with E-state index in [0.717, 1.165) is 12.0 Å². The maximum atomic E-state index is 12.8. The summed E-state index contributed by atoms with van der Waals surface area (Å²) in [4.78, 5) is 25.5. The van der Waals surface area contributed by atoms with Gasteiger partial charge in [-0.05, 0) is 59.6 Å². The van der Waals surface area contributed by atoms with E-state index in [-0.39, 0.29) is 30.0 Å². The SMILES string of the molecule is CCOC(=O)c1c(-c2ccc(OC)cc2)csc1NC(=O)COc1ccc(C(C)(C)CC(C)(C)C)cc1. The Bertz CT molecular complexity index is 1200. The average molecular weight is 524 g/mol. The van der Waals surface area contributed by atoms with Crippen LogP contribution < -0.4 is 14.8 Å². The van der Waals surface area contributed by atoms with Gasteiger partial charge in [0.25, 0.3) is 5.91 Å². The minimum atomic E-state index is -0.487. The summed E-state index contributed by atoms with van der Waals surface area (Å²) in [7, 11) is 1.60. The van der Waals surface area contributed by atoms with Gasteiger partial charge in [0.1, 0.15) is 22.1 Å². The number of anilines is 1. The lowest BCUT2D eigenvalue weighted by Gasteiger charge is -2.33. The van der Waals surface area contributed by atoms with Gasteiger partial charge in [-0.3, -0.25) is 4.79 Å². The highest BCUT2D eigenvalue weighted by Gasteiger charge is 2.27. The number of rotatable bonds is 10. The summed E-state index contributed by atoms with van der Waals surface area (Å²) in [5, 5.41) is 5.09. The first-order valence-electron chi connectivity index (χ1n) is 12.4. The van der Waals surface area contributed by atoms with Crippen molar-refractivity contribution < 1.29 is 23.8 Å². The number of thiophene rings is 1. The molecule has 0 spiro atoms. The number of methoxy groups -OCH3 is 1. The number of carbonyl (C=O) groups is 2. The maximum Gasteiger partial charge on any atom is 0.341 e. The summed E-state index contributed by atoms with van der Waals surface area (Å²) < 4.78 is 16.2. The van der Waals surface area contributed by atoms with Crippen LogP contribution in [0.4, 0.5) is 5.00 Å². The minimum absolute atomic E-state index is 0.0262. The first-order chi connectivity index (χ1) is 17.4. The Hall–Kier alpha value is -3.32. The van der Waals surface area contributed by atoms with Crippen molar-refractivity contribution in [1.29, 1.82) is 0 Å². The van der Waals surface area contributed by atoms with E-state index in [2.05, 4.69) is 52.1 Å². The molecule has 0 saturated heterocycles. The van der Waals surface area contributed by atoms with Crippen molar-refractivity contribution in [2.24, 2.45) is 5.41 Å². The largest absolute Gasteiger partial charge is 0.497 e. The van der Waals surface area contributed by atoms with Gasteiger partial charge in [0.2, 0.25) is 0 Å². The monoisotopic (exact) mass is 523 g/mol. The van der Waals surface area contributed by atoms with Gasteiger partial charge in [-0.2, -0.15) is 0 Å². The van der Waals surface area contributed by atoms with Gasteiger partial charge in [-0.15, -0.1) is 11.3 Å². The Kier molecular flexibility index (Phi) is 9.02. The van der Waals surface area contributed by atoms with Gasteiger partial charge in [0.15, 0.2) is 6.61 Å². The lowest BCUT2D eigenvalue weighted by atomic mass is 9.72. The summed E-state index contributed by atoms with van der Waals surface area (Å²) in [6.07, 6.45) is 1.05. The third kappa shape index (κ3) is 7.59. The highest BCUT2D eigenvalue weighted by molar-refractivity contribution is 7.15. The molecule has 1 N–H and O–H groups in total. The van der Waals surface area contributed by atoms with Crippen LogP contribution in [-0.4, -0.2) is 32.2 Å². The molecular formula is C30H37NO5S. The summed E-state index contributed by atoms with van der Waals surface area (Å²) in [6, 6.07) is 15.3. The van der Waals surface area contributed by atoms with Crippen LogP contribution in [0.3, 0.4) is 0 Å². The number of hydrogen-bond donors (Lipinski definition) is 1. The zero-order valence-corrected chi connectivity index (χ0v) is 23.6. The van der Waals surface area contributed by atoms with Crippen LogP contribution in [-0.2, 0) is 14.9 Å². The molecule has 0 radical (unpaired) electrons. The number of esters is 1. The van der Waals surface area contributed by atoms with E-state index in [1.165, 1.54) is 16.9 Å². The molecule has 3 aromatic rings. The van der Waals surface area contributed by atoms with Crippen LogP contribution in [0.25, 0.3) is 11.1 Å². The molecule has 0 fully saturated rings. The van der Waals surface area contributed by atoms with Crippen LogP contribution in [0.2, 0.25) is 0 Å². The number of carbonyl (C=O) groups excluding carboxylic acids is 2. The second kappa shape index (κ2) is 11.8. The van der Waals surface area contributed by atoms with Crippen molar-refractivity contribution in [2.75, 3.05) is 25.6 Å². The number of nitrogens with one attached hydrogen (secondary N) is 1. The predicted molar refractivity (Wildman–Crippen MR) is 150 cm³/mol. The number of amides is 1. The second-order valence-corrected chi connectivity index (χ2v) is 11.7. The fraction of sp³-hybridized carbons (Fsp3) is 0.400. The zero-order chi connectivity index (χ0) is 27.2. The first-order valence-corrected chi connectivity index (χ1v) is 13.3. The smallest absolute Gasteiger partial charge is 0.341 e. The molecule has 198 valence electrons. The molecule has 1 amide bonds. The molecule has 0 aliphatic carbocycles. The first kappa shape index (κ1) is 28.3. The highest BCUT2D eigenvalue weighted by atomic mass is 32.1. The van der Waals surface area contributed by atoms with E-state index in [4.69, 9.17) is 14.2 Å². The predicted octanol–water partition coefficient (Wildman–Crippen LogP) is 7.33. The van der Waals surface area contributed by atoms with Crippen LogP contribution in [0.1, 0.15) is 63.9 Å². The van der Waals surface area contributed by atoms with Gasteiger partial charge in [-0.25, -0.2) is 4.79 Å². The molecule has 2 aromatic carbocycles.